The molecule has 4 heteroatoms. The van der Waals surface area contributed by atoms with E-state index in [0.29, 0.717) is 24.5 Å². The monoisotopic (exact) mass is 337 g/mol. The Kier molecular flexibility index (Phi) is 4.41. The topological polar surface area (TPSA) is 38.3 Å². The van der Waals surface area contributed by atoms with E-state index < -0.39 is 0 Å². The molecular formula is C16H20BrNO2. The molecular weight excluding hydrogens is 318 g/mol. The Hall–Kier alpha value is -0.870. The van der Waals surface area contributed by atoms with Crippen molar-refractivity contribution in [1.82, 2.24) is 5.32 Å². The van der Waals surface area contributed by atoms with Crippen LogP contribution in [0.15, 0.2) is 16.6 Å². The fourth-order valence-corrected chi connectivity index (χ4v) is 3.66. The zero-order valence-corrected chi connectivity index (χ0v) is 13.2. The molecule has 3 rings (SSSR count). The number of carbonyl (C=O) groups is 1. The number of hydrogen-bond acceptors (Lipinski definition) is 3. The van der Waals surface area contributed by atoms with E-state index in [0.717, 1.165) is 48.3 Å². The van der Waals surface area contributed by atoms with Crippen LogP contribution < -0.4 is 10.1 Å². The Morgan fingerprint density at radius 1 is 1.45 bits per heavy atom. The van der Waals surface area contributed by atoms with Crippen LogP contribution >= 0.6 is 15.9 Å². The van der Waals surface area contributed by atoms with Crippen LogP contribution in [0.5, 0.6) is 5.75 Å². The van der Waals surface area contributed by atoms with Crippen LogP contribution in [-0.4, -0.2) is 25.5 Å². The number of hydrogen-bond donors (Lipinski definition) is 1. The summed E-state index contributed by atoms with van der Waals surface area (Å²) < 4.78 is 6.73. The van der Waals surface area contributed by atoms with E-state index in [2.05, 4.69) is 27.3 Å². The quantitative estimate of drug-likeness (QED) is 0.897. The van der Waals surface area contributed by atoms with E-state index in [1.807, 2.05) is 6.07 Å². The standard InChI is InChI=1S/C16H20BrNO2/c17-14-7-12-4-6-20-16(12)13(8-14)9-15(19)2-1-11-3-5-18-10-11/h7-8,11,18H,1-6,9-10H2. The van der Waals surface area contributed by atoms with Crippen molar-refractivity contribution in [3.63, 3.8) is 0 Å². The number of halogens is 1. The lowest BCUT2D eigenvalue weighted by Crippen LogP contribution is -2.11. The third-order valence-electron chi connectivity index (χ3n) is 4.21. The largest absolute Gasteiger partial charge is 0.493 e. The minimum Gasteiger partial charge on any atom is -0.493 e. The number of rotatable bonds is 5. The maximum absolute atomic E-state index is 12.2. The molecule has 3 nitrogen and oxygen atoms in total. The van der Waals surface area contributed by atoms with Crippen LogP contribution in [0.3, 0.4) is 0 Å². The van der Waals surface area contributed by atoms with Crippen LogP contribution in [0.25, 0.3) is 0 Å². The summed E-state index contributed by atoms with van der Waals surface area (Å²) in [5.41, 5.74) is 2.27. The first-order valence-corrected chi connectivity index (χ1v) is 8.18. The Labute approximate surface area is 128 Å². The summed E-state index contributed by atoms with van der Waals surface area (Å²) >= 11 is 3.52. The zero-order valence-electron chi connectivity index (χ0n) is 11.6. The van der Waals surface area contributed by atoms with Crippen molar-refractivity contribution < 1.29 is 9.53 Å². The molecule has 0 radical (unpaired) electrons. The Morgan fingerprint density at radius 2 is 2.35 bits per heavy atom. The minimum atomic E-state index is 0.327. The third-order valence-corrected chi connectivity index (χ3v) is 4.66. The number of benzene rings is 1. The lowest BCUT2D eigenvalue weighted by molar-refractivity contribution is -0.118. The van der Waals surface area contributed by atoms with Gasteiger partial charge in [-0.1, -0.05) is 15.9 Å². The van der Waals surface area contributed by atoms with Crippen molar-refractivity contribution in [1.29, 1.82) is 0 Å². The highest BCUT2D eigenvalue weighted by Gasteiger charge is 2.20. The summed E-state index contributed by atoms with van der Waals surface area (Å²) in [6.45, 7) is 2.91. The first-order chi connectivity index (χ1) is 9.72. The van der Waals surface area contributed by atoms with Gasteiger partial charge in [-0.15, -0.1) is 0 Å². The normalized spacial score (nSPS) is 20.8. The van der Waals surface area contributed by atoms with Gasteiger partial charge in [0.15, 0.2) is 0 Å². The average molecular weight is 338 g/mol. The fraction of sp³-hybridized carbons (Fsp3) is 0.562. The molecule has 1 fully saturated rings. The highest BCUT2D eigenvalue weighted by atomic mass is 79.9. The second kappa shape index (κ2) is 6.27. The number of fused-ring (bicyclic) bond motifs is 1. The van der Waals surface area contributed by atoms with Crippen LogP contribution in [0, 0.1) is 5.92 Å². The van der Waals surface area contributed by atoms with Crippen molar-refractivity contribution in [2.24, 2.45) is 5.92 Å². The lowest BCUT2D eigenvalue weighted by atomic mass is 9.97. The molecule has 2 aliphatic rings. The van der Waals surface area contributed by atoms with Crippen molar-refractivity contribution in [2.45, 2.75) is 32.1 Å². The second-order valence-corrected chi connectivity index (χ2v) is 6.68. The molecule has 0 amide bonds. The van der Waals surface area contributed by atoms with Gasteiger partial charge >= 0.3 is 0 Å². The summed E-state index contributed by atoms with van der Waals surface area (Å²) in [6.07, 6.45) is 4.37. The number of ketones is 1. The average Bonchev–Trinajstić information content (AvgIpc) is 3.06. The van der Waals surface area contributed by atoms with E-state index in [9.17, 15) is 4.79 Å². The summed E-state index contributed by atoms with van der Waals surface area (Å²) in [5, 5.41) is 3.35. The molecule has 20 heavy (non-hydrogen) atoms. The molecule has 108 valence electrons. The van der Waals surface area contributed by atoms with Crippen LogP contribution in [0.4, 0.5) is 0 Å². The number of Topliss-reactive ketones (excluding diaryl/α,β-unsaturated/α-hetero) is 1. The van der Waals surface area contributed by atoms with E-state index in [1.54, 1.807) is 0 Å². The van der Waals surface area contributed by atoms with Gasteiger partial charge < -0.3 is 10.1 Å². The number of ether oxygens (including phenoxy) is 1. The molecule has 0 aliphatic carbocycles. The summed E-state index contributed by atoms with van der Waals surface area (Å²) in [5.74, 6) is 1.96. The van der Waals surface area contributed by atoms with Crippen molar-refractivity contribution in [3.8, 4) is 5.75 Å². The molecule has 0 saturated carbocycles. The fourth-order valence-electron chi connectivity index (χ4n) is 3.10. The smallest absolute Gasteiger partial charge is 0.137 e. The van der Waals surface area contributed by atoms with Gasteiger partial charge in [-0.3, -0.25) is 4.79 Å². The predicted molar refractivity (Wildman–Crippen MR) is 82.3 cm³/mol. The maximum Gasteiger partial charge on any atom is 0.137 e. The summed E-state index contributed by atoms with van der Waals surface area (Å²) in [6, 6.07) is 4.12. The van der Waals surface area contributed by atoms with E-state index in [-0.39, 0.29) is 0 Å². The molecule has 1 aromatic carbocycles. The molecule has 2 aliphatic heterocycles. The third kappa shape index (κ3) is 3.23. The number of carbonyl (C=O) groups excluding carboxylic acids is 1. The van der Waals surface area contributed by atoms with Gasteiger partial charge in [0.2, 0.25) is 0 Å². The minimum absolute atomic E-state index is 0.327. The predicted octanol–water partition coefficient (Wildman–Crippen LogP) is 2.89. The molecule has 1 atom stereocenters. The van der Waals surface area contributed by atoms with E-state index >= 15 is 0 Å². The number of nitrogens with one attached hydrogen (secondary N) is 1. The lowest BCUT2D eigenvalue weighted by Gasteiger charge is -2.10. The first-order valence-electron chi connectivity index (χ1n) is 7.39. The summed E-state index contributed by atoms with van der Waals surface area (Å²) in [4.78, 5) is 12.2. The van der Waals surface area contributed by atoms with Crippen molar-refractivity contribution >= 4 is 21.7 Å². The first kappa shape index (κ1) is 14.1. The zero-order chi connectivity index (χ0) is 13.9. The Balaban J connectivity index is 1.61. The van der Waals surface area contributed by atoms with Gasteiger partial charge in [0.1, 0.15) is 11.5 Å². The van der Waals surface area contributed by atoms with Gasteiger partial charge in [-0.2, -0.15) is 0 Å². The van der Waals surface area contributed by atoms with Crippen molar-refractivity contribution in [3.05, 3.63) is 27.7 Å². The molecule has 0 bridgehead atoms. The van der Waals surface area contributed by atoms with Gasteiger partial charge in [-0.05, 0) is 49.5 Å². The van der Waals surface area contributed by atoms with Crippen LogP contribution in [-0.2, 0) is 17.6 Å². The Bertz CT molecular complexity index is 509. The van der Waals surface area contributed by atoms with Gasteiger partial charge in [0.05, 0.1) is 6.61 Å². The van der Waals surface area contributed by atoms with Crippen molar-refractivity contribution in [2.75, 3.05) is 19.7 Å². The van der Waals surface area contributed by atoms with E-state index in [4.69, 9.17) is 4.74 Å². The molecule has 0 aromatic heterocycles. The maximum atomic E-state index is 12.2. The van der Waals surface area contributed by atoms with Gasteiger partial charge in [-0.25, -0.2) is 0 Å². The molecule has 1 unspecified atom stereocenters. The highest BCUT2D eigenvalue weighted by Crippen LogP contribution is 2.33. The van der Waals surface area contributed by atoms with Crippen LogP contribution in [0.2, 0.25) is 0 Å². The van der Waals surface area contributed by atoms with Gasteiger partial charge in [0.25, 0.3) is 0 Å². The molecule has 1 saturated heterocycles. The SMILES string of the molecule is O=C(CCC1CCNC1)Cc1cc(Br)cc2c1OCC2. The second-order valence-electron chi connectivity index (χ2n) is 5.76. The Morgan fingerprint density at radius 3 is 3.15 bits per heavy atom. The van der Waals surface area contributed by atoms with E-state index in [1.165, 1.54) is 12.0 Å². The molecule has 0 spiro atoms. The molecule has 2 heterocycles. The van der Waals surface area contributed by atoms with Gasteiger partial charge in [0, 0.05) is 29.3 Å². The summed E-state index contributed by atoms with van der Waals surface area (Å²) in [7, 11) is 0. The molecule has 1 aromatic rings. The molecule has 1 N–H and O–H groups in total. The highest BCUT2D eigenvalue weighted by molar-refractivity contribution is 9.10. The van der Waals surface area contributed by atoms with Crippen LogP contribution in [0.1, 0.15) is 30.4 Å².